The number of benzene rings is 2. The van der Waals surface area contributed by atoms with Crippen LogP contribution in [-0.4, -0.2) is 50.8 Å². The summed E-state index contributed by atoms with van der Waals surface area (Å²) in [7, 11) is 1.56. The molecule has 6 nitrogen and oxygen atoms in total. The molecule has 2 aromatic carbocycles. The number of rotatable bonds is 9. The number of aryl methyl sites for hydroxylation is 1. The van der Waals surface area contributed by atoms with Gasteiger partial charge in [-0.15, -0.1) is 0 Å². The maximum absolute atomic E-state index is 13.4. The predicted molar refractivity (Wildman–Crippen MR) is 114 cm³/mol. The van der Waals surface area contributed by atoms with Gasteiger partial charge in [-0.05, 0) is 42.2 Å². The van der Waals surface area contributed by atoms with Gasteiger partial charge in [-0.2, -0.15) is 13.2 Å². The van der Waals surface area contributed by atoms with Crippen LogP contribution >= 0.6 is 0 Å². The van der Waals surface area contributed by atoms with Crippen molar-refractivity contribution in [1.29, 1.82) is 0 Å². The summed E-state index contributed by atoms with van der Waals surface area (Å²) in [4.78, 5) is 14.0. The van der Waals surface area contributed by atoms with Crippen LogP contribution in [0.5, 0.6) is 5.75 Å². The maximum Gasteiger partial charge on any atom is 0.415 e. The number of fused-ring (bicyclic) bond motifs is 3. The van der Waals surface area contributed by atoms with E-state index in [9.17, 15) is 18.0 Å². The standard InChI is InChI=1S/C24H26F3NO5/c1-30-15-21-20-9-7-17-13-18(8-10-19(17)28(20)23(29)33-21)31-12-11-22(24(25,26)27)32-14-16-5-3-2-4-6-16/h2-6,8,10,13,20-22H,7,9,11-12,14-15H2,1H3/t20?,21?,22-/m0/s1. The quantitative estimate of drug-likeness (QED) is 0.528. The molecular weight excluding hydrogens is 439 g/mol. The van der Waals surface area contributed by atoms with Crippen molar-refractivity contribution in [2.45, 2.75) is 50.3 Å². The van der Waals surface area contributed by atoms with Crippen LogP contribution in [0.2, 0.25) is 0 Å². The number of methoxy groups -OCH3 is 1. The van der Waals surface area contributed by atoms with Gasteiger partial charge < -0.3 is 18.9 Å². The third kappa shape index (κ3) is 5.42. The lowest BCUT2D eigenvalue weighted by Gasteiger charge is -2.31. The summed E-state index contributed by atoms with van der Waals surface area (Å²) >= 11 is 0. The van der Waals surface area contributed by atoms with Crippen LogP contribution in [0.4, 0.5) is 23.7 Å². The Morgan fingerprint density at radius 1 is 1.18 bits per heavy atom. The van der Waals surface area contributed by atoms with Crippen molar-refractivity contribution in [1.82, 2.24) is 0 Å². The highest BCUT2D eigenvalue weighted by atomic mass is 19.4. The molecule has 9 heteroatoms. The third-order valence-corrected chi connectivity index (χ3v) is 5.87. The molecule has 0 aromatic heterocycles. The average molecular weight is 465 g/mol. The topological polar surface area (TPSA) is 57.2 Å². The Morgan fingerprint density at radius 2 is 1.97 bits per heavy atom. The second-order valence-electron chi connectivity index (χ2n) is 8.11. The fourth-order valence-corrected chi connectivity index (χ4v) is 4.25. The number of nitrogens with zero attached hydrogens (tertiary/aromatic N) is 1. The fraction of sp³-hybridized carbons (Fsp3) is 0.458. The Hall–Kier alpha value is -2.78. The summed E-state index contributed by atoms with van der Waals surface area (Å²) in [5, 5.41) is 0. The minimum Gasteiger partial charge on any atom is -0.493 e. The Labute approximate surface area is 190 Å². The molecule has 1 saturated heterocycles. The van der Waals surface area contributed by atoms with Crippen molar-refractivity contribution >= 4 is 11.8 Å². The Morgan fingerprint density at radius 3 is 2.70 bits per heavy atom. The Balaban J connectivity index is 1.35. The van der Waals surface area contributed by atoms with Gasteiger partial charge in [-0.1, -0.05) is 30.3 Å². The van der Waals surface area contributed by atoms with E-state index in [-0.39, 0.29) is 31.8 Å². The van der Waals surface area contributed by atoms with Gasteiger partial charge in [0.05, 0.1) is 31.5 Å². The molecule has 33 heavy (non-hydrogen) atoms. The SMILES string of the molecule is COCC1OC(=O)N2c3ccc(OCC[C@H](OCc4ccccc4)C(F)(F)F)cc3CCC12. The molecule has 1 amide bonds. The number of halogens is 3. The molecule has 0 aliphatic carbocycles. The van der Waals surface area contributed by atoms with Gasteiger partial charge in [0, 0.05) is 13.5 Å². The van der Waals surface area contributed by atoms with Gasteiger partial charge in [-0.25, -0.2) is 4.79 Å². The molecule has 2 aromatic rings. The number of hydrogen-bond acceptors (Lipinski definition) is 5. The van der Waals surface area contributed by atoms with E-state index in [2.05, 4.69) is 0 Å². The number of ether oxygens (including phenoxy) is 4. The first-order valence-corrected chi connectivity index (χ1v) is 10.8. The summed E-state index contributed by atoms with van der Waals surface area (Å²) < 4.78 is 61.5. The smallest absolute Gasteiger partial charge is 0.415 e. The minimum atomic E-state index is -4.49. The monoisotopic (exact) mass is 465 g/mol. The number of amides is 1. The molecule has 3 atom stereocenters. The highest BCUT2D eigenvalue weighted by molar-refractivity contribution is 5.92. The second-order valence-corrected chi connectivity index (χ2v) is 8.11. The average Bonchev–Trinajstić information content (AvgIpc) is 3.11. The molecule has 1 fully saturated rings. The summed E-state index contributed by atoms with van der Waals surface area (Å²) in [6.07, 6.45) is -6.06. The molecule has 0 N–H and O–H groups in total. The first kappa shape index (κ1) is 23.4. The van der Waals surface area contributed by atoms with Gasteiger partial charge in [0.15, 0.2) is 6.10 Å². The molecule has 0 saturated carbocycles. The van der Waals surface area contributed by atoms with Gasteiger partial charge in [0.25, 0.3) is 0 Å². The lowest BCUT2D eigenvalue weighted by molar-refractivity contribution is -0.226. The van der Waals surface area contributed by atoms with Crippen molar-refractivity contribution in [3.8, 4) is 5.75 Å². The fourth-order valence-electron chi connectivity index (χ4n) is 4.25. The van der Waals surface area contributed by atoms with E-state index in [1.54, 1.807) is 60.5 Å². The van der Waals surface area contributed by atoms with E-state index in [1.165, 1.54) is 0 Å². The summed E-state index contributed by atoms with van der Waals surface area (Å²) in [6.45, 7) is 0.0548. The van der Waals surface area contributed by atoms with Crippen molar-refractivity contribution in [2.75, 3.05) is 25.2 Å². The molecule has 2 aliphatic rings. The van der Waals surface area contributed by atoms with Crippen LogP contribution in [0.1, 0.15) is 24.0 Å². The molecule has 2 aliphatic heterocycles. The lowest BCUT2D eigenvalue weighted by Crippen LogP contribution is -2.41. The van der Waals surface area contributed by atoms with Crippen LogP contribution in [0.3, 0.4) is 0 Å². The van der Waals surface area contributed by atoms with Gasteiger partial charge in [-0.3, -0.25) is 4.90 Å². The first-order valence-electron chi connectivity index (χ1n) is 10.8. The molecule has 0 bridgehead atoms. The van der Waals surface area contributed by atoms with E-state index >= 15 is 0 Å². The summed E-state index contributed by atoms with van der Waals surface area (Å²) in [5.41, 5.74) is 2.31. The zero-order valence-electron chi connectivity index (χ0n) is 18.2. The van der Waals surface area contributed by atoms with E-state index in [0.29, 0.717) is 30.8 Å². The molecule has 4 rings (SSSR count). The van der Waals surface area contributed by atoms with Crippen molar-refractivity contribution in [2.24, 2.45) is 0 Å². The van der Waals surface area contributed by atoms with E-state index in [4.69, 9.17) is 18.9 Å². The first-order chi connectivity index (χ1) is 15.9. The van der Waals surface area contributed by atoms with Crippen LogP contribution in [-0.2, 0) is 27.2 Å². The zero-order valence-corrected chi connectivity index (χ0v) is 18.2. The van der Waals surface area contributed by atoms with E-state index in [1.807, 2.05) is 0 Å². The number of carbonyl (C=O) groups excluding carboxylic acids is 1. The molecule has 0 radical (unpaired) electrons. The highest BCUT2D eigenvalue weighted by Gasteiger charge is 2.45. The minimum absolute atomic E-state index is 0.0916. The van der Waals surface area contributed by atoms with Gasteiger partial charge in [0.2, 0.25) is 0 Å². The zero-order chi connectivity index (χ0) is 23.4. The summed E-state index contributed by atoms with van der Waals surface area (Å²) in [5.74, 6) is 0.456. The van der Waals surface area contributed by atoms with Crippen molar-refractivity contribution in [3.63, 3.8) is 0 Å². The number of cyclic esters (lactones) is 1. The Kier molecular flexibility index (Phi) is 7.09. The lowest BCUT2D eigenvalue weighted by atomic mass is 9.94. The van der Waals surface area contributed by atoms with E-state index in [0.717, 1.165) is 11.3 Å². The van der Waals surface area contributed by atoms with Crippen molar-refractivity contribution in [3.05, 3.63) is 59.7 Å². The molecule has 0 spiro atoms. The normalized spacial score (nSPS) is 20.7. The van der Waals surface area contributed by atoms with Crippen LogP contribution in [0, 0.1) is 0 Å². The molecule has 2 heterocycles. The third-order valence-electron chi connectivity index (χ3n) is 5.87. The van der Waals surface area contributed by atoms with Crippen molar-refractivity contribution < 1.29 is 36.9 Å². The van der Waals surface area contributed by atoms with E-state index < -0.39 is 18.4 Å². The Bertz CT molecular complexity index is 953. The van der Waals surface area contributed by atoms with Crippen LogP contribution < -0.4 is 9.64 Å². The van der Waals surface area contributed by atoms with Gasteiger partial charge >= 0.3 is 12.3 Å². The van der Waals surface area contributed by atoms with Crippen LogP contribution in [0.15, 0.2) is 48.5 Å². The molecule has 178 valence electrons. The molecule has 2 unspecified atom stereocenters. The largest absolute Gasteiger partial charge is 0.493 e. The predicted octanol–water partition coefficient (Wildman–Crippen LogP) is 4.89. The molecular formula is C24H26F3NO5. The maximum atomic E-state index is 13.4. The number of hydrogen-bond donors (Lipinski definition) is 0. The highest BCUT2D eigenvalue weighted by Crippen LogP contribution is 2.39. The van der Waals surface area contributed by atoms with Crippen LogP contribution in [0.25, 0.3) is 0 Å². The number of carbonyl (C=O) groups is 1. The number of alkyl halides is 3. The van der Waals surface area contributed by atoms with Gasteiger partial charge in [0.1, 0.15) is 11.9 Å². The number of anilines is 1. The summed E-state index contributed by atoms with van der Waals surface area (Å²) in [6, 6.07) is 13.8. The second kappa shape index (κ2) is 10.0.